The van der Waals surface area contributed by atoms with Crippen LogP contribution in [0.2, 0.25) is 0 Å². The molecule has 0 spiro atoms. The molecule has 10 heteroatoms. The summed E-state index contributed by atoms with van der Waals surface area (Å²) in [6, 6.07) is 7.10. The summed E-state index contributed by atoms with van der Waals surface area (Å²) in [6.07, 6.45) is 9.40. The molecule has 9 nitrogen and oxygen atoms in total. The van der Waals surface area contributed by atoms with Crippen molar-refractivity contribution in [3.8, 4) is 5.95 Å². The Kier molecular flexibility index (Phi) is 5.64. The lowest BCUT2D eigenvalue weighted by atomic mass is 9.91. The van der Waals surface area contributed by atoms with Gasteiger partial charge in [-0.25, -0.2) is 9.37 Å². The van der Waals surface area contributed by atoms with E-state index in [1.54, 1.807) is 41.5 Å². The first-order valence-corrected chi connectivity index (χ1v) is 10.9. The molecule has 4 aromatic heterocycles. The first-order chi connectivity index (χ1) is 16.1. The fraction of sp³-hybridized carbons (Fsp3) is 0.304. The van der Waals surface area contributed by atoms with Gasteiger partial charge in [-0.2, -0.15) is 14.8 Å². The Morgan fingerprint density at radius 2 is 2.00 bits per heavy atom. The van der Waals surface area contributed by atoms with Crippen LogP contribution in [0.4, 0.5) is 10.2 Å². The van der Waals surface area contributed by atoms with Crippen LogP contribution in [0.3, 0.4) is 0 Å². The third-order valence-corrected chi connectivity index (χ3v) is 5.73. The van der Waals surface area contributed by atoms with Gasteiger partial charge in [0.1, 0.15) is 11.2 Å². The van der Waals surface area contributed by atoms with Crippen LogP contribution in [-0.4, -0.2) is 47.7 Å². The maximum absolute atomic E-state index is 14.6. The minimum absolute atomic E-state index is 0.0285. The highest BCUT2D eigenvalue weighted by molar-refractivity contribution is 5.92. The monoisotopic (exact) mass is 446 g/mol. The molecule has 5 rings (SSSR count). The zero-order chi connectivity index (χ0) is 22.8. The van der Waals surface area contributed by atoms with E-state index in [1.807, 2.05) is 13.0 Å². The maximum atomic E-state index is 14.6. The highest BCUT2D eigenvalue weighted by Crippen LogP contribution is 2.24. The van der Waals surface area contributed by atoms with E-state index in [0.29, 0.717) is 17.6 Å². The second kappa shape index (κ2) is 8.89. The van der Waals surface area contributed by atoms with Gasteiger partial charge < -0.3 is 10.6 Å². The van der Waals surface area contributed by atoms with Gasteiger partial charge in [0.25, 0.3) is 11.9 Å². The predicted molar refractivity (Wildman–Crippen MR) is 121 cm³/mol. The van der Waals surface area contributed by atoms with Crippen LogP contribution in [0.25, 0.3) is 17.0 Å². The molecule has 0 saturated heterocycles. The lowest BCUT2D eigenvalue weighted by Crippen LogP contribution is -2.42. The van der Waals surface area contributed by atoms with Crippen molar-refractivity contribution in [3.05, 3.63) is 66.1 Å². The number of anilines is 1. The van der Waals surface area contributed by atoms with Crippen molar-refractivity contribution in [2.45, 2.75) is 44.7 Å². The average molecular weight is 446 g/mol. The van der Waals surface area contributed by atoms with Crippen molar-refractivity contribution < 1.29 is 9.18 Å². The molecule has 0 bridgehead atoms. The van der Waals surface area contributed by atoms with Crippen LogP contribution in [0, 0.1) is 12.7 Å². The molecule has 4 aromatic rings. The minimum Gasteiger partial charge on any atom is -0.365 e. The van der Waals surface area contributed by atoms with E-state index in [4.69, 9.17) is 0 Å². The van der Waals surface area contributed by atoms with Crippen LogP contribution in [0.15, 0.2) is 49.1 Å². The molecule has 2 unspecified atom stereocenters. The highest BCUT2D eigenvalue weighted by Gasteiger charge is 2.25. The van der Waals surface area contributed by atoms with Crippen molar-refractivity contribution in [1.82, 2.24) is 35.0 Å². The third-order valence-electron chi connectivity index (χ3n) is 5.73. The number of hydrogen-bond donors (Lipinski definition) is 2. The van der Waals surface area contributed by atoms with Gasteiger partial charge in [-0.05, 0) is 56.4 Å². The molecule has 33 heavy (non-hydrogen) atoms. The zero-order valence-corrected chi connectivity index (χ0v) is 18.1. The lowest BCUT2D eigenvalue weighted by Gasteiger charge is -2.30. The van der Waals surface area contributed by atoms with Crippen LogP contribution < -0.4 is 10.6 Å². The Labute approximate surface area is 189 Å². The van der Waals surface area contributed by atoms with Crippen molar-refractivity contribution >= 4 is 22.8 Å². The molecule has 0 radical (unpaired) electrons. The van der Waals surface area contributed by atoms with E-state index in [1.165, 1.54) is 0 Å². The first kappa shape index (κ1) is 20.9. The predicted octanol–water partition coefficient (Wildman–Crippen LogP) is 3.21. The summed E-state index contributed by atoms with van der Waals surface area (Å²) in [5, 5.41) is 10.6. The number of carbonyl (C=O) groups is 1. The summed E-state index contributed by atoms with van der Waals surface area (Å²) in [5.41, 5.74) is 2.82. The van der Waals surface area contributed by atoms with E-state index in [-0.39, 0.29) is 29.8 Å². The maximum Gasteiger partial charge on any atom is 0.270 e. The molecule has 1 aliphatic rings. The second-order valence-corrected chi connectivity index (χ2v) is 8.23. The zero-order valence-electron chi connectivity index (χ0n) is 18.1. The van der Waals surface area contributed by atoms with Gasteiger partial charge in [-0.15, -0.1) is 0 Å². The van der Waals surface area contributed by atoms with Crippen LogP contribution >= 0.6 is 0 Å². The summed E-state index contributed by atoms with van der Waals surface area (Å²) in [7, 11) is 0. The fourth-order valence-electron chi connectivity index (χ4n) is 4.13. The Hall–Kier alpha value is -3.95. The van der Waals surface area contributed by atoms with Gasteiger partial charge in [-0.3, -0.25) is 14.8 Å². The molecule has 0 aromatic carbocycles. The largest absolute Gasteiger partial charge is 0.365 e. The Balaban J connectivity index is 1.31. The van der Waals surface area contributed by atoms with E-state index < -0.39 is 5.82 Å². The Morgan fingerprint density at radius 1 is 1.12 bits per heavy atom. The second-order valence-electron chi connectivity index (χ2n) is 8.23. The molecule has 1 fully saturated rings. The molecule has 168 valence electrons. The Bertz CT molecular complexity index is 1290. The molecular weight excluding hydrogens is 423 g/mol. The summed E-state index contributed by atoms with van der Waals surface area (Å²) >= 11 is 0. The van der Waals surface area contributed by atoms with Crippen LogP contribution in [0.1, 0.15) is 41.7 Å². The number of pyridine rings is 2. The van der Waals surface area contributed by atoms with Gasteiger partial charge >= 0.3 is 0 Å². The molecule has 1 amide bonds. The summed E-state index contributed by atoms with van der Waals surface area (Å²) in [6.45, 7) is 1.94. The molecule has 1 aliphatic carbocycles. The van der Waals surface area contributed by atoms with E-state index in [2.05, 4.69) is 35.7 Å². The van der Waals surface area contributed by atoms with Crippen molar-refractivity contribution in [3.63, 3.8) is 0 Å². The van der Waals surface area contributed by atoms with Crippen molar-refractivity contribution in [2.24, 2.45) is 0 Å². The van der Waals surface area contributed by atoms with Gasteiger partial charge in [0.15, 0.2) is 11.6 Å². The quantitative estimate of drug-likeness (QED) is 0.484. The lowest BCUT2D eigenvalue weighted by molar-refractivity contribution is 0.0921. The minimum atomic E-state index is -0.538. The topological polar surface area (TPSA) is 111 Å². The molecular formula is C23H23FN8O. The summed E-state index contributed by atoms with van der Waals surface area (Å²) < 4.78 is 16.1. The van der Waals surface area contributed by atoms with Gasteiger partial charge in [-0.1, -0.05) is 6.07 Å². The molecule has 2 N–H and O–H groups in total. The van der Waals surface area contributed by atoms with Gasteiger partial charge in [0.2, 0.25) is 0 Å². The van der Waals surface area contributed by atoms with Gasteiger partial charge in [0.05, 0.1) is 17.9 Å². The summed E-state index contributed by atoms with van der Waals surface area (Å²) in [5.74, 6) is -0.363. The van der Waals surface area contributed by atoms with E-state index >= 15 is 0 Å². The van der Waals surface area contributed by atoms with Crippen molar-refractivity contribution in [2.75, 3.05) is 5.32 Å². The standard InChI is InChI=1S/C23H23FN8O/c1-14-9-20-19(26-11-14)13-28-32(20)23-27-12-17(24)21(31-23)29-15-5-4-6-16(10-15)30-22(33)18-7-2-3-8-25-18/h2-3,7-9,11-13,15-16H,4-6,10H2,1H3,(H,30,33)(H,27,29,31). The third kappa shape index (κ3) is 4.50. The number of hydrogen-bond acceptors (Lipinski definition) is 7. The number of rotatable bonds is 5. The normalized spacial score (nSPS) is 18.2. The highest BCUT2D eigenvalue weighted by atomic mass is 19.1. The Morgan fingerprint density at radius 3 is 2.85 bits per heavy atom. The number of halogens is 1. The van der Waals surface area contributed by atoms with Crippen LogP contribution in [-0.2, 0) is 0 Å². The van der Waals surface area contributed by atoms with Gasteiger partial charge in [0, 0.05) is 24.5 Å². The smallest absolute Gasteiger partial charge is 0.270 e. The number of carbonyl (C=O) groups excluding carboxylic acids is 1. The number of amides is 1. The number of aryl methyl sites for hydroxylation is 1. The first-order valence-electron chi connectivity index (χ1n) is 10.9. The van der Waals surface area contributed by atoms with Crippen LogP contribution in [0.5, 0.6) is 0 Å². The van der Waals surface area contributed by atoms with E-state index in [9.17, 15) is 9.18 Å². The number of nitrogens with one attached hydrogen (secondary N) is 2. The average Bonchev–Trinajstić information content (AvgIpc) is 3.24. The number of aromatic nitrogens is 6. The molecule has 1 saturated carbocycles. The SMILES string of the molecule is Cc1cnc2cnn(-c3ncc(F)c(NC4CCCC(NC(=O)c5ccccn5)C4)n3)c2c1. The molecule has 2 atom stereocenters. The number of fused-ring (bicyclic) bond motifs is 1. The molecule has 4 heterocycles. The fourth-order valence-corrected chi connectivity index (χ4v) is 4.13. The summed E-state index contributed by atoms with van der Waals surface area (Å²) in [4.78, 5) is 29.4. The number of nitrogens with zero attached hydrogens (tertiary/aromatic N) is 6. The molecule has 0 aliphatic heterocycles. The van der Waals surface area contributed by atoms with E-state index in [0.717, 1.165) is 36.5 Å². The van der Waals surface area contributed by atoms with Crippen molar-refractivity contribution in [1.29, 1.82) is 0 Å².